The topological polar surface area (TPSA) is 70.5 Å². The Bertz CT molecular complexity index is 469. The Hall–Kier alpha value is -1.43. The third-order valence-corrected chi connectivity index (χ3v) is 3.98. The number of carbonyl (C=O) groups is 2. The third-order valence-electron chi connectivity index (χ3n) is 2.70. The van der Waals surface area contributed by atoms with E-state index in [2.05, 4.69) is 4.98 Å². The minimum absolute atomic E-state index is 0.0334. The number of amides is 1. The molecule has 0 radical (unpaired) electrons. The zero-order chi connectivity index (χ0) is 15.3. The van der Waals surface area contributed by atoms with E-state index >= 15 is 0 Å². The number of hydrogen-bond donors (Lipinski definition) is 1. The molecule has 0 atom stereocenters. The molecule has 0 bridgehead atoms. The summed E-state index contributed by atoms with van der Waals surface area (Å²) < 4.78 is 0. The highest BCUT2D eigenvalue weighted by atomic mass is 32.1. The minimum Gasteiger partial charge on any atom is -0.481 e. The lowest BCUT2D eigenvalue weighted by atomic mass is 10.2. The Morgan fingerprint density at radius 1 is 1.35 bits per heavy atom. The quantitative estimate of drug-likeness (QED) is 0.840. The number of aromatic nitrogens is 1. The number of rotatable bonds is 7. The van der Waals surface area contributed by atoms with E-state index in [9.17, 15) is 9.59 Å². The standard InChI is InChI=1S/C14H22N2O3S/c1-9(2)8-16(6-5-12(17)18)14(19)11-7-15-13(20-11)10(3)4/h7,9-10H,5-6,8H2,1-4H3,(H,17,18). The Morgan fingerprint density at radius 3 is 2.45 bits per heavy atom. The summed E-state index contributed by atoms with van der Waals surface area (Å²) in [5.41, 5.74) is 0. The van der Waals surface area contributed by atoms with Crippen molar-refractivity contribution in [2.45, 2.75) is 40.0 Å². The molecule has 20 heavy (non-hydrogen) atoms. The Morgan fingerprint density at radius 2 is 2.00 bits per heavy atom. The van der Waals surface area contributed by atoms with Crippen LogP contribution in [0.3, 0.4) is 0 Å². The van der Waals surface area contributed by atoms with Crippen LogP contribution in [0.5, 0.6) is 0 Å². The van der Waals surface area contributed by atoms with Crippen LogP contribution in [0.1, 0.15) is 54.7 Å². The predicted octanol–water partition coefficient (Wildman–Crippen LogP) is 2.84. The monoisotopic (exact) mass is 298 g/mol. The first-order chi connectivity index (χ1) is 9.31. The molecule has 112 valence electrons. The van der Waals surface area contributed by atoms with Gasteiger partial charge in [-0.15, -0.1) is 11.3 Å². The molecule has 0 saturated carbocycles. The third kappa shape index (κ3) is 4.92. The van der Waals surface area contributed by atoms with E-state index in [4.69, 9.17) is 5.11 Å². The molecule has 1 N–H and O–H groups in total. The molecule has 0 unspecified atom stereocenters. The van der Waals surface area contributed by atoms with Crippen molar-refractivity contribution in [1.29, 1.82) is 0 Å². The molecule has 1 amide bonds. The Labute approximate surface area is 123 Å². The molecule has 1 heterocycles. The van der Waals surface area contributed by atoms with Crippen molar-refractivity contribution in [3.05, 3.63) is 16.1 Å². The van der Waals surface area contributed by atoms with Gasteiger partial charge in [-0.25, -0.2) is 4.98 Å². The molecular weight excluding hydrogens is 276 g/mol. The molecule has 0 aliphatic heterocycles. The van der Waals surface area contributed by atoms with E-state index < -0.39 is 5.97 Å². The summed E-state index contributed by atoms with van der Waals surface area (Å²) in [7, 11) is 0. The van der Waals surface area contributed by atoms with Gasteiger partial charge in [-0.1, -0.05) is 27.7 Å². The molecular formula is C14H22N2O3S. The van der Waals surface area contributed by atoms with Gasteiger partial charge in [-0.05, 0) is 5.92 Å². The normalized spacial score (nSPS) is 11.1. The number of carboxylic acid groups (broad SMARTS) is 1. The van der Waals surface area contributed by atoms with Crippen molar-refractivity contribution in [2.75, 3.05) is 13.1 Å². The predicted molar refractivity (Wildman–Crippen MR) is 79.2 cm³/mol. The molecule has 0 aromatic carbocycles. The Kier molecular flexibility index (Phi) is 6.13. The van der Waals surface area contributed by atoms with Crippen LogP contribution in [0.15, 0.2) is 6.20 Å². The first-order valence-electron chi connectivity index (χ1n) is 6.78. The average molecular weight is 298 g/mol. The number of carbonyl (C=O) groups excluding carboxylic acids is 1. The van der Waals surface area contributed by atoms with Gasteiger partial charge < -0.3 is 10.0 Å². The summed E-state index contributed by atoms with van der Waals surface area (Å²) in [6.45, 7) is 8.87. The number of nitrogens with zero attached hydrogens (tertiary/aromatic N) is 2. The van der Waals surface area contributed by atoms with Gasteiger partial charge in [0.1, 0.15) is 4.88 Å². The number of carboxylic acids is 1. The van der Waals surface area contributed by atoms with Crippen LogP contribution < -0.4 is 0 Å². The first-order valence-corrected chi connectivity index (χ1v) is 7.59. The highest BCUT2D eigenvalue weighted by molar-refractivity contribution is 7.13. The minimum atomic E-state index is -0.890. The zero-order valence-electron chi connectivity index (χ0n) is 12.4. The van der Waals surface area contributed by atoms with Crippen LogP contribution in [0.4, 0.5) is 0 Å². The lowest BCUT2D eigenvalue weighted by Gasteiger charge is -2.23. The van der Waals surface area contributed by atoms with Gasteiger partial charge in [0.25, 0.3) is 5.91 Å². The van der Waals surface area contributed by atoms with E-state index in [1.807, 2.05) is 27.7 Å². The average Bonchev–Trinajstić information content (AvgIpc) is 2.82. The van der Waals surface area contributed by atoms with Crippen molar-refractivity contribution in [1.82, 2.24) is 9.88 Å². The number of thiazole rings is 1. The molecule has 0 fully saturated rings. The maximum Gasteiger partial charge on any atom is 0.305 e. The van der Waals surface area contributed by atoms with E-state index in [1.54, 1.807) is 11.1 Å². The van der Waals surface area contributed by atoms with Crippen molar-refractivity contribution >= 4 is 23.2 Å². The zero-order valence-corrected chi connectivity index (χ0v) is 13.2. The largest absolute Gasteiger partial charge is 0.481 e. The Balaban J connectivity index is 2.82. The SMILES string of the molecule is CC(C)CN(CCC(=O)O)C(=O)c1cnc(C(C)C)s1. The first kappa shape index (κ1) is 16.6. The molecule has 1 aromatic heterocycles. The van der Waals surface area contributed by atoms with E-state index in [0.29, 0.717) is 23.3 Å². The second-order valence-electron chi connectivity index (χ2n) is 5.51. The lowest BCUT2D eigenvalue weighted by molar-refractivity contribution is -0.137. The molecule has 5 nitrogen and oxygen atoms in total. The van der Waals surface area contributed by atoms with E-state index in [-0.39, 0.29) is 18.9 Å². The smallest absolute Gasteiger partial charge is 0.305 e. The fraction of sp³-hybridized carbons (Fsp3) is 0.643. The van der Waals surface area contributed by atoms with Crippen molar-refractivity contribution in [3.8, 4) is 0 Å². The highest BCUT2D eigenvalue weighted by Gasteiger charge is 2.20. The molecule has 0 aliphatic rings. The fourth-order valence-electron chi connectivity index (χ4n) is 1.76. The van der Waals surface area contributed by atoms with Gasteiger partial charge in [-0.2, -0.15) is 0 Å². The van der Waals surface area contributed by atoms with Crippen molar-refractivity contribution in [2.24, 2.45) is 5.92 Å². The summed E-state index contributed by atoms with van der Waals surface area (Å²) in [6, 6.07) is 0. The summed E-state index contributed by atoms with van der Waals surface area (Å²) in [4.78, 5) is 29.6. The van der Waals surface area contributed by atoms with Crippen molar-refractivity contribution in [3.63, 3.8) is 0 Å². The van der Waals surface area contributed by atoms with Gasteiger partial charge in [0.05, 0.1) is 17.6 Å². The van der Waals surface area contributed by atoms with Crippen LogP contribution in [0.2, 0.25) is 0 Å². The molecule has 0 spiro atoms. The fourth-order valence-corrected chi connectivity index (χ4v) is 2.64. The summed E-state index contributed by atoms with van der Waals surface area (Å²) in [5.74, 6) is -0.424. The second-order valence-corrected chi connectivity index (χ2v) is 6.57. The molecule has 1 aromatic rings. The van der Waals surface area contributed by atoms with Crippen LogP contribution in [-0.2, 0) is 4.79 Å². The van der Waals surface area contributed by atoms with E-state index in [0.717, 1.165) is 5.01 Å². The molecule has 6 heteroatoms. The second kappa shape index (κ2) is 7.38. The van der Waals surface area contributed by atoms with Gasteiger partial charge >= 0.3 is 5.97 Å². The van der Waals surface area contributed by atoms with Crippen LogP contribution in [0, 0.1) is 5.92 Å². The number of aliphatic carboxylic acids is 1. The summed E-state index contributed by atoms with van der Waals surface area (Å²) >= 11 is 1.39. The van der Waals surface area contributed by atoms with Crippen LogP contribution in [-0.4, -0.2) is 40.0 Å². The summed E-state index contributed by atoms with van der Waals surface area (Å²) in [6.07, 6.45) is 1.56. The molecule has 1 rings (SSSR count). The molecule has 0 aliphatic carbocycles. The van der Waals surface area contributed by atoms with E-state index in [1.165, 1.54) is 11.3 Å². The maximum absolute atomic E-state index is 12.4. The van der Waals surface area contributed by atoms with Crippen LogP contribution >= 0.6 is 11.3 Å². The van der Waals surface area contributed by atoms with Gasteiger partial charge in [-0.3, -0.25) is 9.59 Å². The summed E-state index contributed by atoms with van der Waals surface area (Å²) in [5, 5.41) is 9.70. The van der Waals surface area contributed by atoms with Gasteiger partial charge in [0.15, 0.2) is 0 Å². The van der Waals surface area contributed by atoms with Crippen LogP contribution in [0.25, 0.3) is 0 Å². The van der Waals surface area contributed by atoms with Gasteiger partial charge in [0, 0.05) is 19.0 Å². The van der Waals surface area contributed by atoms with Crippen molar-refractivity contribution < 1.29 is 14.7 Å². The molecule has 0 saturated heterocycles. The lowest BCUT2D eigenvalue weighted by Crippen LogP contribution is -2.35. The highest BCUT2D eigenvalue weighted by Crippen LogP contribution is 2.22. The van der Waals surface area contributed by atoms with Gasteiger partial charge in [0.2, 0.25) is 0 Å². The maximum atomic E-state index is 12.4. The number of hydrogen-bond acceptors (Lipinski definition) is 4.